The highest BCUT2D eigenvalue weighted by atomic mass is 32.2. The lowest BCUT2D eigenvalue weighted by atomic mass is 10.2. The van der Waals surface area contributed by atoms with E-state index >= 15 is 0 Å². The molecule has 0 saturated carbocycles. The number of aryl methyl sites for hydroxylation is 1. The third-order valence-electron chi connectivity index (χ3n) is 3.36. The van der Waals surface area contributed by atoms with Gasteiger partial charge in [-0.1, -0.05) is 18.2 Å². The van der Waals surface area contributed by atoms with Gasteiger partial charge in [-0.3, -0.25) is 14.4 Å². The fourth-order valence-corrected chi connectivity index (χ4v) is 2.68. The van der Waals surface area contributed by atoms with E-state index in [4.69, 9.17) is 4.74 Å². The van der Waals surface area contributed by atoms with Gasteiger partial charge >= 0.3 is 5.97 Å². The molecule has 0 spiro atoms. The Bertz CT molecular complexity index is 877. The smallest absolute Gasteiger partial charge is 0.316 e. The molecular formula is C19H18F2N2O4S. The molecular weight excluding hydrogens is 390 g/mol. The number of carbonyl (C=O) groups is 3. The number of benzene rings is 2. The molecule has 2 aromatic carbocycles. The number of halogens is 2. The van der Waals surface area contributed by atoms with E-state index in [0.717, 1.165) is 11.8 Å². The van der Waals surface area contributed by atoms with Crippen LogP contribution < -0.4 is 10.6 Å². The Morgan fingerprint density at radius 2 is 1.61 bits per heavy atom. The van der Waals surface area contributed by atoms with Crippen LogP contribution in [-0.2, 0) is 19.1 Å². The number of rotatable bonds is 8. The van der Waals surface area contributed by atoms with Crippen LogP contribution >= 0.6 is 11.8 Å². The molecule has 0 fully saturated rings. The van der Waals surface area contributed by atoms with Crippen LogP contribution in [0.3, 0.4) is 0 Å². The maximum absolute atomic E-state index is 13.6. The van der Waals surface area contributed by atoms with E-state index in [2.05, 4.69) is 10.6 Å². The average Bonchev–Trinajstić information content (AvgIpc) is 2.64. The zero-order valence-corrected chi connectivity index (χ0v) is 15.8. The van der Waals surface area contributed by atoms with Crippen LogP contribution in [0.4, 0.5) is 20.2 Å². The number of carbonyl (C=O) groups excluding carboxylic acids is 3. The van der Waals surface area contributed by atoms with Crippen molar-refractivity contribution in [3.8, 4) is 0 Å². The number of hydrogen-bond acceptors (Lipinski definition) is 5. The van der Waals surface area contributed by atoms with Crippen LogP contribution in [0.15, 0.2) is 42.5 Å². The molecule has 2 rings (SSSR count). The van der Waals surface area contributed by atoms with Gasteiger partial charge in [0, 0.05) is 0 Å². The van der Waals surface area contributed by atoms with Crippen LogP contribution in [-0.4, -0.2) is 35.9 Å². The fourth-order valence-electron chi connectivity index (χ4n) is 2.07. The molecule has 0 unspecified atom stereocenters. The van der Waals surface area contributed by atoms with E-state index in [1.807, 2.05) is 0 Å². The van der Waals surface area contributed by atoms with E-state index < -0.39 is 36.0 Å². The Morgan fingerprint density at radius 1 is 0.929 bits per heavy atom. The van der Waals surface area contributed by atoms with Crippen LogP contribution in [0.5, 0.6) is 0 Å². The SMILES string of the molecule is Cc1ccc(NC(=O)COC(=O)CSCC(=O)Nc2ccccc2F)c(F)c1. The first kappa shape index (κ1) is 21.4. The lowest BCUT2D eigenvalue weighted by molar-refractivity contribution is -0.144. The van der Waals surface area contributed by atoms with Gasteiger partial charge < -0.3 is 15.4 Å². The van der Waals surface area contributed by atoms with E-state index in [1.54, 1.807) is 19.1 Å². The third kappa shape index (κ3) is 6.99. The number of esters is 1. The summed E-state index contributed by atoms with van der Waals surface area (Å²) in [4.78, 5) is 35.0. The molecule has 28 heavy (non-hydrogen) atoms. The molecule has 0 bridgehead atoms. The zero-order valence-electron chi connectivity index (χ0n) is 15.0. The summed E-state index contributed by atoms with van der Waals surface area (Å²) in [6.45, 7) is 1.14. The molecule has 2 aromatic rings. The number of hydrogen-bond donors (Lipinski definition) is 2. The van der Waals surface area contributed by atoms with Crippen molar-refractivity contribution in [2.75, 3.05) is 28.7 Å². The van der Waals surface area contributed by atoms with Crippen LogP contribution in [0, 0.1) is 18.6 Å². The molecule has 0 radical (unpaired) electrons. The minimum atomic E-state index is -0.705. The summed E-state index contributed by atoms with van der Waals surface area (Å²) in [6.07, 6.45) is 0. The van der Waals surface area contributed by atoms with Crippen molar-refractivity contribution >= 4 is 40.9 Å². The van der Waals surface area contributed by atoms with Gasteiger partial charge in [0.15, 0.2) is 6.61 Å². The monoisotopic (exact) mass is 408 g/mol. The number of para-hydroxylation sites is 1. The number of anilines is 2. The topological polar surface area (TPSA) is 84.5 Å². The molecule has 0 saturated heterocycles. The van der Waals surface area contributed by atoms with Crippen molar-refractivity contribution < 1.29 is 27.9 Å². The molecule has 0 aliphatic carbocycles. The molecule has 6 nitrogen and oxygen atoms in total. The molecule has 0 aliphatic rings. The quantitative estimate of drug-likeness (QED) is 0.656. The molecule has 0 aromatic heterocycles. The Labute approximate surface area is 164 Å². The van der Waals surface area contributed by atoms with E-state index in [9.17, 15) is 23.2 Å². The summed E-state index contributed by atoms with van der Waals surface area (Å²) in [7, 11) is 0. The molecule has 2 N–H and O–H groups in total. The maximum Gasteiger partial charge on any atom is 0.316 e. The maximum atomic E-state index is 13.6. The Balaban J connectivity index is 1.66. The summed E-state index contributed by atoms with van der Waals surface area (Å²) in [5, 5.41) is 4.69. The molecule has 0 atom stereocenters. The van der Waals surface area contributed by atoms with Gasteiger partial charge in [0.1, 0.15) is 11.6 Å². The first-order chi connectivity index (χ1) is 13.3. The summed E-state index contributed by atoms with van der Waals surface area (Å²) in [6, 6.07) is 10.0. The largest absolute Gasteiger partial charge is 0.455 e. The summed E-state index contributed by atoms with van der Waals surface area (Å²) < 4.78 is 31.8. The van der Waals surface area contributed by atoms with Gasteiger partial charge in [0.25, 0.3) is 5.91 Å². The van der Waals surface area contributed by atoms with Crippen LogP contribution in [0.25, 0.3) is 0 Å². The average molecular weight is 408 g/mol. The van der Waals surface area contributed by atoms with Gasteiger partial charge in [0.05, 0.1) is 22.9 Å². The van der Waals surface area contributed by atoms with E-state index in [-0.39, 0.29) is 22.9 Å². The van der Waals surface area contributed by atoms with Gasteiger partial charge in [-0.25, -0.2) is 8.78 Å². The Kier molecular flexibility index (Phi) is 7.94. The zero-order chi connectivity index (χ0) is 20.5. The van der Waals surface area contributed by atoms with Crippen molar-refractivity contribution in [2.24, 2.45) is 0 Å². The number of amides is 2. The first-order valence-electron chi connectivity index (χ1n) is 8.19. The second-order valence-corrected chi connectivity index (χ2v) is 6.70. The van der Waals surface area contributed by atoms with Gasteiger partial charge in [-0.15, -0.1) is 11.8 Å². The molecule has 0 aliphatic heterocycles. The van der Waals surface area contributed by atoms with Gasteiger partial charge in [0.2, 0.25) is 5.91 Å². The van der Waals surface area contributed by atoms with Gasteiger partial charge in [-0.05, 0) is 36.8 Å². The van der Waals surface area contributed by atoms with Crippen molar-refractivity contribution in [1.29, 1.82) is 0 Å². The number of nitrogens with one attached hydrogen (secondary N) is 2. The highest BCUT2D eigenvalue weighted by molar-refractivity contribution is 8.00. The number of ether oxygens (including phenoxy) is 1. The summed E-state index contributed by atoms with van der Waals surface area (Å²) in [5.41, 5.74) is 0.750. The summed E-state index contributed by atoms with van der Waals surface area (Å²) in [5.74, 6) is -3.27. The molecule has 148 valence electrons. The highest BCUT2D eigenvalue weighted by Crippen LogP contribution is 2.15. The minimum Gasteiger partial charge on any atom is -0.455 e. The first-order valence-corrected chi connectivity index (χ1v) is 9.34. The van der Waals surface area contributed by atoms with Crippen molar-refractivity contribution in [3.05, 3.63) is 59.7 Å². The molecule has 2 amide bonds. The van der Waals surface area contributed by atoms with Crippen molar-refractivity contribution in [2.45, 2.75) is 6.92 Å². The third-order valence-corrected chi connectivity index (χ3v) is 4.27. The number of thioether (sulfide) groups is 1. The summed E-state index contributed by atoms with van der Waals surface area (Å²) >= 11 is 0.954. The second kappa shape index (κ2) is 10.4. The van der Waals surface area contributed by atoms with E-state index in [1.165, 1.54) is 30.3 Å². The molecule has 0 heterocycles. The minimum absolute atomic E-state index is 0.00848. The Morgan fingerprint density at radius 3 is 2.32 bits per heavy atom. The Hall–Kier alpha value is -2.94. The second-order valence-electron chi connectivity index (χ2n) is 5.71. The predicted octanol–water partition coefficient (Wildman–Crippen LogP) is 3.13. The van der Waals surface area contributed by atoms with Crippen LogP contribution in [0.1, 0.15) is 5.56 Å². The van der Waals surface area contributed by atoms with Crippen molar-refractivity contribution in [1.82, 2.24) is 0 Å². The van der Waals surface area contributed by atoms with Gasteiger partial charge in [-0.2, -0.15) is 0 Å². The highest BCUT2D eigenvalue weighted by Gasteiger charge is 2.12. The standard InChI is InChI=1S/C19H18F2N2O4S/c1-12-6-7-16(14(21)8-12)22-17(24)9-27-19(26)11-28-10-18(25)23-15-5-3-2-4-13(15)20/h2-8H,9-11H2,1H3,(H,22,24)(H,23,25). The predicted molar refractivity (Wildman–Crippen MR) is 103 cm³/mol. The lowest BCUT2D eigenvalue weighted by Crippen LogP contribution is -2.22. The lowest BCUT2D eigenvalue weighted by Gasteiger charge is -2.08. The van der Waals surface area contributed by atoms with Crippen molar-refractivity contribution in [3.63, 3.8) is 0 Å². The fraction of sp³-hybridized carbons (Fsp3) is 0.211. The normalized spacial score (nSPS) is 10.2. The van der Waals surface area contributed by atoms with E-state index in [0.29, 0.717) is 5.56 Å². The molecule has 9 heteroatoms. The van der Waals surface area contributed by atoms with Crippen LogP contribution in [0.2, 0.25) is 0 Å².